The van der Waals surface area contributed by atoms with Gasteiger partial charge in [-0.2, -0.15) is 0 Å². The largest absolute Gasteiger partial charge is 0.336 e. The molecule has 1 unspecified atom stereocenters. The quantitative estimate of drug-likeness (QED) is 0.490. The molecule has 7 heteroatoms. The van der Waals surface area contributed by atoms with Crippen molar-refractivity contribution in [2.45, 2.75) is 25.1 Å². The average Bonchev–Trinajstić information content (AvgIpc) is 3.25. The predicted octanol–water partition coefficient (Wildman–Crippen LogP) is 6.13. The van der Waals surface area contributed by atoms with Crippen molar-refractivity contribution >= 4 is 51.4 Å². The first-order valence-corrected chi connectivity index (χ1v) is 10.3. The summed E-state index contributed by atoms with van der Waals surface area (Å²) in [5.41, 5.74) is 1.99. The molecule has 1 atom stereocenters. The highest BCUT2D eigenvalue weighted by molar-refractivity contribution is 8.14. The van der Waals surface area contributed by atoms with E-state index in [0.717, 1.165) is 22.4 Å². The van der Waals surface area contributed by atoms with E-state index in [1.54, 1.807) is 24.7 Å². The van der Waals surface area contributed by atoms with Gasteiger partial charge in [-0.1, -0.05) is 48.0 Å². The fourth-order valence-electron chi connectivity index (χ4n) is 2.52. The molecule has 25 heavy (non-hydrogen) atoms. The second kappa shape index (κ2) is 8.41. The molecule has 0 fully saturated rings. The SMILES string of the molecule is CCc1ccsc1C(=O)SC(Cn1ccnc1)c1ccc(Cl)cc1Cl. The van der Waals surface area contributed by atoms with Crippen LogP contribution >= 0.6 is 46.3 Å². The number of aryl methyl sites for hydroxylation is 1. The highest BCUT2D eigenvalue weighted by atomic mass is 35.5. The topological polar surface area (TPSA) is 34.9 Å². The Labute approximate surface area is 165 Å². The third-order valence-corrected chi connectivity index (χ3v) is 6.56. The summed E-state index contributed by atoms with van der Waals surface area (Å²) in [5, 5.41) is 3.06. The molecule has 0 N–H and O–H groups in total. The molecule has 1 aromatic carbocycles. The van der Waals surface area contributed by atoms with Gasteiger partial charge < -0.3 is 4.57 Å². The van der Waals surface area contributed by atoms with Gasteiger partial charge in [-0.25, -0.2) is 4.98 Å². The third-order valence-electron chi connectivity index (χ3n) is 3.81. The normalized spacial score (nSPS) is 12.3. The Morgan fingerprint density at radius 1 is 1.36 bits per heavy atom. The summed E-state index contributed by atoms with van der Waals surface area (Å²) >= 11 is 15.2. The molecule has 0 aliphatic carbocycles. The van der Waals surface area contributed by atoms with E-state index in [1.165, 1.54) is 23.1 Å². The van der Waals surface area contributed by atoms with Gasteiger partial charge in [0.05, 0.1) is 16.5 Å². The maximum Gasteiger partial charge on any atom is 0.230 e. The molecule has 0 radical (unpaired) electrons. The monoisotopic (exact) mass is 410 g/mol. The number of carbonyl (C=O) groups excluding carboxylic acids is 1. The summed E-state index contributed by atoms with van der Waals surface area (Å²) in [6.45, 7) is 2.66. The van der Waals surface area contributed by atoms with Gasteiger partial charge in [-0.3, -0.25) is 4.79 Å². The van der Waals surface area contributed by atoms with Gasteiger partial charge in [-0.15, -0.1) is 11.3 Å². The summed E-state index contributed by atoms with van der Waals surface area (Å²) in [6, 6.07) is 7.42. The van der Waals surface area contributed by atoms with Crippen LogP contribution in [0.4, 0.5) is 0 Å². The number of carbonyl (C=O) groups is 1. The van der Waals surface area contributed by atoms with Crippen molar-refractivity contribution < 1.29 is 4.79 Å². The third kappa shape index (κ3) is 4.47. The van der Waals surface area contributed by atoms with Crippen LogP contribution in [0, 0.1) is 0 Å². The Bertz CT molecular complexity index is 862. The van der Waals surface area contributed by atoms with E-state index in [9.17, 15) is 4.79 Å². The molecule has 0 saturated heterocycles. The Kier molecular flexibility index (Phi) is 6.23. The first-order chi connectivity index (χ1) is 12.1. The van der Waals surface area contributed by atoms with Crippen molar-refractivity contribution in [1.82, 2.24) is 9.55 Å². The van der Waals surface area contributed by atoms with Gasteiger partial charge in [0.1, 0.15) is 0 Å². The summed E-state index contributed by atoms with van der Waals surface area (Å²) < 4.78 is 1.95. The number of benzene rings is 1. The average molecular weight is 411 g/mol. The molecular formula is C18H16Cl2N2OS2. The van der Waals surface area contributed by atoms with Gasteiger partial charge in [0, 0.05) is 29.0 Å². The van der Waals surface area contributed by atoms with Gasteiger partial charge in [0.25, 0.3) is 0 Å². The zero-order valence-corrected chi connectivity index (χ0v) is 16.6. The molecule has 130 valence electrons. The number of aromatic nitrogens is 2. The highest BCUT2D eigenvalue weighted by Crippen LogP contribution is 2.39. The Hall–Kier alpha value is -1.27. The standard InChI is InChI=1S/C18H16Cl2N2OS2/c1-2-12-5-8-24-17(12)18(23)25-16(10-22-7-6-21-11-22)14-4-3-13(19)9-15(14)20/h3-9,11,16H,2,10H2,1H3. The van der Waals surface area contributed by atoms with E-state index in [0.29, 0.717) is 16.6 Å². The maximum atomic E-state index is 12.9. The van der Waals surface area contributed by atoms with Gasteiger partial charge in [0.15, 0.2) is 0 Å². The zero-order chi connectivity index (χ0) is 17.8. The van der Waals surface area contributed by atoms with E-state index in [4.69, 9.17) is 23.2 Å². The van der Waals surface area contributed by atoms with E-state index >= 15 is 0 Å². The summed E-state index contributed by atoms with van der Waals surface area (Å²) in [7, 11) is 0. The number of hydrogen-bond donors (Lipinski definition) is 0. The number of imidazole rings is 1. The number of rotatable bonds is 6. The molecule has 0 bridgehead atoms. The number of nitrogens with zero attached hydrogens (tertiary/aromatic N) is 2. The molecule has 0 aliphatic rings. The van der Waals surface area contributed by atoms with Crippen molar-refractivity contribution in [3.05, 3.63) is 74.4 Å². The van der Waals surface area contributed by atoms with Crippen LogP contribution in [0.15, 0.2) is 48.4 Å². The Balaban J connectivity index is 1.89. The van der Waals surface area contributed by atoms with E-state index < -0.39 is 0 Å². The van der Waals surface area contributed by atoms with E-state index in [2.05, 4.69) is 11.9 Å². The maximum absolute atomic E-state index is 12.9. The van der Waals surface area contributed by atoms with E-state index in [1.807, 2.05) is 28.3 Å². The first kappa shape index (κ1) is 18.5. The zero-order valence-electron chi connectivity index (χ0n) is 13.5. The number of thioether (sulfide) groups is 1. The van der Waals surface area contributed by atoms with Crippen LogP contribution in [-0.2, 0) is 13.0 Å². The second-order valence-electron chi connectivity index (χ2n) is 5.45. The smallest absolute Gasteiger partial charge is 0.230 e. The number of hydrogen-bond acceptors (Lipinski definition) is 4. The molecule has 0 saturated carbocycles. The van der Waals surface area contributed by atoms with Gasteiger partial charge in [-0.05, 0) is 41.1 Å². The van der Waals surface area contributed by atoms with Crippen LogP contribution in [-0.4, -0.2) is 14.7 Å². The van der Waals surface area contributed by atoms with Crippen molar-refractivity contribution in [3.8, 4) is 0 Å². The summed E-state index contributed by atoms with van der Waals surface area (Å²) in [5.74, 6) is 0. The lowest BCUT2D eigenvalue weighted by molar-refractivity contribution is 0.109. The molecule has 3 nitrogen and oxygen atoms in total. The van der Waals surface area contributed by atoms with Crippen LogP contribution < -0.4 is 0 Å². The molecule has 3 rings (SSSR count). The predicted molar refractivity (Wildman–Crippen MR) is 107 cm³/mol. The van der Waals surface area contributed by atoms with Crippen LogP contribution in [0.1, 0.15) is 33.0 Å². The fraction of sp³-hybridized carbons (Fsp3) is 0.222. The Morgan fingerprint density at radius 3 is 2.88 bits per heavy atom. The van der Waals surface area contributed by atoms with Crippen molar-refractivity contribution in [2.24, 2.45) is 0 Å². The van der Waals surface area contributed by atoms with Crippen LogP contribution in [0.5, 0.6) is 0 Å². The Morgan fingerprint density at radius 2 is 2.20 bits per heavy atom. The lowest BCUT2D eigenvalue weighted by Gasteiger charge is -2.18. The van der Waals surface area contributed by atoms with Crippen molar-refractivity contribution in [3.63, 3.8) is 0 Å². The van der Waals surface area contributed by atoms with Crippen LogP contribution in [0.25, 0.3) is 0 Å². The second-order valence-corrected chi connectivity index (χ2v) is 8.38. The number of thiophene rings is 1. The minimum Gasteiger partial charge on any atom is -0.336 e. The fourth-order valence-corrected chi connectivity index (χ4v) is 5.32. The van der Waals surface area contributed by atoms with Crippen molar-refractivity contribution in [1.29, 1.82) is 0 Å². The molecule has 2 aromatic heterocycles. The lowest BCUT2D eigenvalue weighted by atomic mass is 10.1. The molecule has 0 amide bonds. The summed E-state index contributed by atoms with van der Waals surface area (Å²) in [6.07, 6.45) is 6.19. The minimum absolute atomic E-state index is 0.0722. The van der Waals surface area contributed by atoms with Crippen molar-refractivity contribution in [2.75, 3.05) is 0 Å². The minimum atomic E-state index is -0.127. The van der Waals surface area contributed by atoms with Crippen LogP contribution in [0.2, 0.25) is 10.0 Å². The molecule has 0 spiro atoms. The number of halogens is 2. The highest BCUT2D eigenvalue weighted by Gasteiger charge is 2.23. The lowest BCUT2D eigenvalue weighted by Crippen LogP contribution is -2.09. The summed E-state index contributed by atoms with van der Waals surface area (Å²) in [4.78, 5) is 17.7. The van der Waals surface area contributed by atoms with Gasteiger partial charge in [0.2, 0.25) is 5.12 Å². The molecule has 2 heterocycles. The van der Waals surface area contributed by atoms with Crippen LogP contribution in [0.3, 0.4) is 0 Å². The first-order valence-electron chi connectivity index (χ1n) is 7.76. The molecular weight excluding hydrogens is 395 g/mol. The van der Waals surface area contributed by atoms with E-state index in [-0.39, 0.29) is 10.4 Å². The molecule has 3 aromatic rings. The van der Waals surface area contributed by atoms with Gasteiger partial charge >= 0.3 is 0 Å². The molecule has 0 aliphatic heterocycles.